The van der Waals surface area contributed by atoms with Crippen LogP contribution in [0.3, 0.4) is 0 Å². The van der Waals surface area contributed by atoms with Crippen LogP contribution in [0, 0.1) is 5.21 Å². The van der Waals surface area contributed by atoms with Gasteiger partial charge in [-0.2, -0.15) is 0 Å². The summed E-state index contributed by atoms with van der Waals surface area (Å²) in [5, 5.41) is 44.6. The molecular formula is C9H16N6O4. The summed E-state index contributed by atoms with van der Waals surface area (Å²) in [7, 11) is 0. The van der Waals surface area contributed by atoms with Gasteiger partial charge in [0.25, 0.3) is 0 Å². The van der Waals surface area contributed by atoms with Crippen molar-refractivity contribution in [2.24, 2.45) is 16.5 Å². The molecule has 0 saturated carbocycles. The van der Waals surface area contributed by atoms with Crippen molar-refractivity contribution >= 4 is 11.9 Å². The van der Waals surface area contributed by atoms with Crippen LogP contribution in [0.5, 0.6) is 0 Å². The summed E-state index contributed by atoms with van der Waals surface area (Å²) in [6.07, 6.45) is -0.0218. The first-order valence-electron chi connectivity index (χ1n) is 5.88. The summed E-state index contributed by atoms with van der Waals surface area (Å²) >= 11 is 0. The summed E-state index contributed by atoms with van der Waals surface area (Å²) in [5.41, 5.74) is 9.85. The largest absolute Gasteiger partial charge is 0.744 e. The second-order valence-electron chi connectivity index (χ2n) is 5.00. The Labute approximate surface area is 108 Å². The topological polar surface area (TPSA) is 166 Å². The molecule has 10 heteroatoms. The molecule has 1 fully saturated rings. The lowest BCUT2D eigenvalue weighted by Gasteiger charge is -2.47. The maximum atomic E-state index is 12.0. The van der Waals surface area contributed by atoms with Crippen molar-refractivity contribution in [2.45, 2.75) is 30.0 Å². The Kier molecular flexibility index (Phi) is 2.20. The van der Waals surface area contributed by atoms with E-state index in [1.54, 1.807) is 0 Å². The number of guanidine groups is 2. The molecule has 3 heterocycles. The summed E-state index contributed by atoms with van der Waals surface area (Å²) in [6.45, 7) is -0.360. The molecule has 8 N–H and O–H groups in total. The minimum absolute atomic E-state index is 0.0218. The molecule has 0 aliphatic carbocycles. The number of nitrogens with two attached hydrogens (primary N) is 2. The van der Waals surface area contributed by atoms with Crippen molar-refractivity contribution in [3.8, 4) is 0 Å². The van der Waals surface area contributed by atoms with Gasteiger partial charge in [-0.25, -0.2) is 9.89 Å². The van der Waals surface area contributed by atoms with Gasteiger partial charge < -0.3 is 31.6 Å². The Morgan fingerprint density at radius 3 is 2.84 bits per heavy atom. The van der Waals surface area contributed by atoms with Gasteiger partial charge in [-0.05, 0) is 0 Å². The zero-order valence-corrected chi connectivity index (χ0v) is 10.0. The number of aliphatic hydroxyl groups excluding tert-OH is 1. The smallest absolute Gasteiger partial charge is 0.348 e. The number of aliphatic imine (C=N–C) groups is 1. The van der Waals surface area contributed by atoms with E-state index in [-0.39, 0.29) is 24.9 Å². The molecular weight excluding hydrogens is 256 g/mol. The Morgan fingerprint density at radius 2 is 2.21 bits per heavy atom. The van der Waals surface area contributed by atoms with Gasteiger partial charge in [-0.15, -0.1) is 0 Å². The molecule has 106 valence electrons. The van der Waals surface area contributed by atoms with E-state index in [0.29, 0.717) is 4.74 Å². The predicted octanol–water partition coefficient (Wildman–Crippen LogP) is -4.44. The molecule has 19 heavy (non-hydrogen) atoms. The zero-order valence-electron chi connectivity index (χ0n) is 10.0. The first-order chi connectivity index (χ1) is 8.85. The maximum absolute atomic E-state index is 12.0. The van der Waals surface area contributed by atoms with Crippen LogP contribution >= 0.6 is 0 Å². The van der Waals surface area contributed by atoms with Gasteiger partial charge in [-0.1, -0.05) is 0 Å². The molecule has 0 bridgehead atoms. The average molecular weight is 272 g/mol. The molecule has 1 unspecified atom stereocenters. The number of rotatable bonds is 1. The standard InChI is InChI=1S/C9H16N6O4/c10-6-12-5-4(3-16)15(19)7(11)14-2-1-8(17,18)9(5,14)13-6/h4-5,16-18H,1-3,11H2,(H3,10,12,13)/t4-,5-,9?/m0/s1. The van der Waals surface area contributed by atoms with Gasteiger partial charge in [0.15, 0.2) is 12.0 Å². The van der Waals surface area contributed by atoms with Crippen LogP contribution in [-0.4, -0.2) is 73.6 Å². The van der Waals surface area contributed by atoms with Crippen molar-refractivity contribution in [1.82, 2.24) is 10.2 Å². The summed E-state index contributed by atoms with van der Waals surface area (Å²) in [4.78, 5) is 5.38. The fourth-order valence-electron chi connectivity index (χ4n) is 3.21. The fourth-order valence-corrected chi connectivity index (χ4v) is 3.21. The summed E-state index contributed by atoms with van der Waals surface area (Å²) < 4.78 is 0.439. The van der Waals surface area contributed by atoms with E-state index in [1.807, 2.05) is 0 Å². The van der Waals surface area contributed by atoms with E-state index in [0.717, 1.165) is 0 Å². The lowest BCUT2D eigenvalue weighted by Crippen LogP contribution is -2.79. The van der Waals surface area contributed by atoms with Crippen molar-refractivity contribution in [1.29, 1.82) is 0 Å². The predicted molar refractivity (Wildman–Crippen MR) is 63.5 cm³/mol. The summed E-state index contributed by atoms with van der Waals surface area (Å²) in [6, 6.07) is -1.96. The van der Waals surface area contributed by atoms with Crippen LogP contribution in [0.1, 0.15) is 6.42 Å². The minimum atomic E-state index is -2.17. The highest BCUT2D eigenvalue weighted by Gasteiger charge is 2.73. The lowest BCUT2D eigenvalue weighted by atomic mass is 9.86. The van der Waals surface area contributed by atoms with E-state index in [1.165, 1.54) is 4.90 Å². The number of hydrogen-bond donors (Lipinski definition) is 6. The van der Waals surface area contributed by atoms with E-state index >= 15 is 0 Å². The number of nitrogens with one attached hydrogen (secondary N) is 1. The molecule has 10 nitrogen and oxygen atoms in total. The first kappa shape index (κ1) is 12.3. The Bertz CT molecular complexity index is 491. The van der Waals surface area contributed by atoms with Gasteiger partial charge in [0, 0.05) is 6.42 Å². The van der Waals surface area contributed by atoms with E-state index in [2.05, 4.69) is 10.3 Å². The van der Waals surface area contributed by atoms with Crippen molar-refractivity contribution in [3.05, 3.63) is 5.21 Å². The van der Waals surface area contributed by atoms with Crippen molar-refractivity contribution in [2.75, 3.05) is 13.2 Å². The molecule has 0 aromatic heterocycles. The first-order valence-corrected chi connectivity index (χ1v) is 5.88. The number of nitrogens with zero attached hydrogens (tertiary/aromatic N) is 3. The highest BCUT2D eigenvalue weighted by Crippen LogP contribution is 2.43. The van der Waals surface area contributed by atoms with E-state index in [9.17, 15) is 20.5 Å². The third kappa shape index (κ3) is 1.20. The van der Waals surface area contributed by atoms with Gasteiger partial charge in [0.05, 0.1) is 13.2 Å². The molecule has 3 aliphatic heterocycles. The minimum Gasteiger partial charge on any atom is -0.744 e. The lowest BCUT2D eigenvalue weighted by molar-refractivity contribution is -0.529. The maximum Gasteiger partial charge on any atom is 0.348 e. The molecule has 3 aliphatic rings. The fraction of sp³-hybridized carbons (Fsp3) is 0.778. The quantitative estimate of drug-likeness (QED) is 0.158. The molecule has 3 rings (SSSR count). The van der Waals surface area contributed by atoms with Gasteiger partial charge in [0.1, 0.15) is 6.04 Å². The van der Waals surface area contributed by atoms with Gasteiger partial charge in [-0.3, -0.25) is 10.5 Å². The van der Waals surface area contributed by atoms with Crippen LogP contribution in [0.4, 0.5) is 0 Å². The average Bonchev–Trinajstić information content (AvgIpc) is 2.80. The van der Waals surface area contributed by atoms with Crippen LogP contribution < -0.4 is 16.8 Å². The third-order valence-corrected chi connectivity index (χ3v) is 4.10. The Balaban J connectivity index is 2.20. The van der Waals surface area contributed by atoms with Crippen LogP contribution in [0.25, 0.3) is 0 Å². The molecule has 0 aromatic carbocycles. The van der Waals surface area contributed by atoms with Gasteiger partial charge >= 0.3 is 5.96 Å². The molecule has 0 amide bonds. The van der Waals surface area contributed by atoms with Gasteiger partial charge in [0.2, 0.25) is 11.4 Å². The Morgan fingerprint density at radius 1 is 1.53 bits per heavy atom. The van der Waals surface area contributed by atoms with Crippen LogP contribution in [-0.2, 0) is 0 Å². The number of hydrogen-bond acceptors (Lipinski definition) is 9. The molecule has 1 spiro atoms. The Hall–Kier alpha value is -1.78. The van der Waals surface area contributed by atoms with Crippen LogP contribution in [0.2, 0.25) is 0 Å². The second-order valence-corrected chi connectivity index (χ2v) is 5.00. The highest BCUT2D eigenvalue weighted by molar-refractivity contribution is 5.85. The molecule has 0 radical (unpaired) electrons. The zero-order chi connectivity index (χ0) is 14.0. The van der Waals surface area contributed by atoms with E-state index in [4.69, 9.17) is 11.5 Å². The second kappa shape index (κ2) is 3.40. The molecule has 1 saturated heterocycles. The normalized spacial score (nSPS) is 39.7. The van der Waals surface area contributed by atoms with Crippen molar-refractivity contribution in [3.63, 3.8) is 0 Å². The SMILES string of the molecule is NC1=N[C@H]2[C@H](CO)[N+]([O-])=C(N)N3CCC(O)(O)C23N1. The highest BCUT2D eigenvalue weighted by atomic mass is 16.5. The molecule has 0 aromatic rings. The summed E-state index contributed by atoms with van der Waals surface area (Å²) in [5.74, 6) is -2.38. The molecule has 3 atom stereocenters. The number of hydroxylamine groups is 1. The number of aliphatic hydroxyl groups is 3. The van der Waals surface area contributed by atoms with Crippen LogP contribution in [0.15, 0.2) is 4.99 Å². The third-order valence-electron chi connectivity index (χ3n) is 4.10. The van der Waals surface area contributed by atoms with Crippen molar-refractivity contribution < 1.29 is 20.1 Å². The van der Waals surface area contributed by atoms with E-state index < -0.39 is 30.1 Å². The monoisotopic (exact) mass is 272 g/mol.